The van der Waals surface area contributed by atoms with Crippen LogP contribution in [-0.4, -0.2) is 60.0 Å². The number of nitrogens with zero attached hydrogens (tertiary/aromatic N) is 3. The van der Waals surface area contributed by atoms with Crippen molar-refractivity contribution in [1.82, 2.24) is 20.3 Å². The number of aliphatic hydroxyl groups is 1. The molecule has 0 radical (unpaired) electrons. The molecular weight excluding hydrogens is 448 g/mol. The number of hydrogen-bond acceptors (Lipinski definition) is 7. The lowest BCUT2D eigenvalue weighted by atomic mass is 10.1. The Bertz CT molecular complexity index is 1270. The summed E-state index contributed by atoms with van der Waals surface area (Å²) in [6.45, 7) is 0.321. The Balaban J connectivity index is 1.40. The second kappa shape index (κ2) is 11.3. The fraction of sp³-hybridized carbons (Fsp3) is 0.269. The molecule has 0 aliphatic heterocycles. The third-order valence-corrected chi connectivity index (χ3v) is 5.47. The van der Waals surface area contributed by atoms with Gasteiger partial charge in [-0.15, -0.1) is 15.0 Å². The van der Waals surface area contributed by atoms with Crippen LogP contribution >= 0.6 is 0 Å². The van der Waals surface area contributed by atoms with Gasteiger partial charge in [0.25, 0.3) is 5.91 Å². The Hall–Kier alpha value is -4.11. The zero-order valence-corrected chi connectivity index (χ0v) is 19.7. The number of aromatic nitrogens is 3. The van der Waals surface area contributed by atoms with Gasteiger partial charge in [-0.1, -0.05) is 24.3 Å². The second-order valence-corrected chi connectivity index (χ2v) is 7.83. The molecule has 3 aromatic carbocycles. The number of amides is 1. The third-order valence-electron chi connectivity index (χ3n) is 5.47. The van der Waals surface area contributed by atoms with E-state index in [4.69, 9.17) is 14.2 Å². The normalized spacial score (nSPS) is 10.8. The molecule has 0 fully saturated rings. The van der Waals surface area contributed by atoms with Crippen molar-refractivity contribution >= 4 is 16.9 Å². The van der Waals surface area contributed by atoms with Crippen LogP contribution in [-0.2, 0) is 17.6 Å². The molecule has 4 aromatic rings. The maximum atomic E-state index is 12.4. The Morgan fingerprint density at radius 3 is 2.20 bits per heavy atom. The van der Waals surface area contributed by atoms with Gasteiger partial charge in [0.15, 0.2) is 18.1 Å². The fourth-order valence-corrected chi connectivity index (χ4v) is 3.67. The van der Waals surface area contributed by atoms with Crippen LogP contribution in [0.15, 0.2) is 60.7 Å². The standard InChI is InChI=1S/C26H28N4O5/c1-33-24-10-8-18(16-25(24)34-2)11-13-27-26(32)17-35-23-9-7-19(12-14-31)15-22(23)30-28-20-5-3-4-6-21(20)29-30/h3-10,15-16,31H,11-14,17H2,1-2H3,(H,27,32). The maximum Gasteiger partial charge on any atom is 0.257 e. The van der Waals surface area contributed by atoms with Crippen LogP contribution in [0.25, 0.3) is 16.7 Å². The largest absolute Gasteiger partial charge is 0.493 e. The molecule has 0 bridgehead atoms. The molecule has 4 rings (SSSR count). The zero-order chi connectivity index (χ0) is 24.6. The monoisotopic (exact) mass is 476 g/mol. The molecule has 0 spiro atoms. The number of hydrogen-bond donors (Lipinski definition) is 2. The van der Waals surface area contributed by atoms with E-state index < -0.39 is 0 Å². The number of fused-ring (bicyclic) bond motifs is 1. The summed E-state index contributed by atoms with van der Waals surface area (Å²) in [5.74, 6) is 1.54. The SMILES string of the molecule is COc1ccc(CCNC(=O)COc2ccc(CCO)cc2-n2nc3ccccc3n2)cc1OC. The summed E-state index contributed by atoms with van der Waals surface area (Å²) in [5.41, 5.74) is 4.03. The third kappa shape index (κ3) is 5.88. The number of ether oxygens (including phenoxy) is 3. The van der Waals surface area contributed by atoms with Gasteiger partial charge in [0, 0.05) is 13.2 Å². The van der Waals surface area contributed by atoms with Gasteiger partial charge >= 0.3 is 0 Å². The molecule has 1 amide bonds. The summed E-state index contributed by atoms with van der Waals surface area (Å²) >= 11 is 0. The van der Waals surface area contributed by atoms with Crippen LogP contribution in [0.1, 0.15) is 11.1 Å². The van der Waals surface area contributed by atoms with Crippen molar-refractivity contribution in [3.05, 3.63) is 71.8 Å². The lowest BCUT2D eigenvalue weighted by Gasteiger charge is -2.13. The van der Waals surface area contributed by atoms with Crippen molar-refractivity contribution in [2.24, 2.45) is 0 Å². The highest BCUT2D eigenvalue weighted by Crippen LogP contribution is 2.28. The summed E-state index contributed by atoms with van der Waals surface area (Å²) < 4.78 is 16.4. The number of aliphatic hydroxyl groups excluding tert-OH is 1. The number of carbonyl (C=O) groups is 1. The fourth-order valence-electron chi connectivity index (χ4n) is 3.67. The van der Waals surface area contributed by atoms with Gasteiger partial charge in [0.05, 0.1) is 14.2 Å². The summed E-state index contributed by atoms with van der Waals surface area (Å²) in [5, 5.41) is 21.2. The molecule has 0 unspecified atom stereocenters. The molecular formula is C26H28N4O5. The van der Waals surface area contributed by atoms with Crippen molar-refractivity contribution in [1.29, 1.82) is 0 Å². The van der Waals surface area contributed by atoms with E-state index in [1.807, 2.05) is 54.6 Å². The minimum absolute atomic E-state index is 0.0244. The molecule has 1 heterocycles. The van der Waals surface area contributed by atoms with Crippen molar-refractivity contribution < 1.29 is 24.1 Å². The molecule has 0 atom stereocenters. The van der Waals surface area contributed by atoms with E-state index in [2.05, 4.69) is 15.5 Å². The highest BCUT2D eigenvalue weighted by molar-refractivity contribution is 5.77. The lowest BCUT2D eigenvalue weighted by molar-refractivity contribution is -0.123. The summed E-state index contributed by atoms with van der Waals surface area (Å²) in [7, 11) is 3.18. The van der Waals surface area contributed by atoms with E-state index in [1.54, 1.807) is 20.3 Å². The molecule has 182 valence electrons. The molecule has 1 aromatic heterocycles. The smallest absolute Gasteiger partial charge is 0.257 e. The van der Waals surface area contributed by atoms with Crippen LogP contribution in [0.5, 0.6) is 17.2 Å². The minimum atomic E-state index is -0.241. The quantitative estimate of drug-likeness (QED) is 0.343. The number of benzene rings is 3. The highest BCUT2D eigenvalue weighted by atomic mass is 16.5. The van der Waals surface area contributed by atoms with E-state index in [-0.39, 0.29) is 19.1 Å². The first kappa shape index (κ1) is 24.0. The molecule has 0 aliphatic carbocycles. The van der Waals surface area contributed by atoms with Gasteiger partial charge in [-0.05, 0) is 60.4 Å². The highest BCUT2D eigenvalue weighted by Gasteiger charge is 2.13. The van der Waals surface area contributed by atoms with Crippen LogP contribution in [0, 0.1) is 0 Å². The average Bonchev–Trinajstić information content (AvgIpc) is 3.32. The van der Waals surface area contributed by atoms with Crippen LogP contribution < -0.4 is 19.5 Å². The van der Waals surface area contributed by atoms with E-state index in [0.717, 1.165) is 22.2 Å². The van der Waals surface area contributed by atoms with Gasteiger partial charge in [0.1, 0.15) is 22.5 Å². The van der Waals surface area contributed by atoms with Crippen molar-refractivity contribution in [3.63, 3.8) is 0 Å². The molecule has 2 N–H and O–H groups in total. The Labute approximate surface area is 203 Å². The van der Waals surface area contributed by atoms with Crippen molar-refractivity contribution in [2.75, 3.05) is 34.0 Å². The lowest BCUT2D eigenvalue weighted by Crippen LogP contribution is -2.30. The summed E-state index contributed by atoms with van der Waals surface area (Å²) in [4.78, 5) is 13.9. The predicted octanol–water partition coefficient (Wildman–Crippen LogP) is 2.71. The molecule has 9 heteroatoms. The minimum Gasteiger partial charge on any atom is -0.493 e. The number of carbonyl (C=O) groups excluding carboxylic acids is 1. The first-order valence-corrected chi connectivity index (χ1v) is 11.3. The zero-order valence-electron chi connectivity index (χ0n) is 19.7. The van der Waals surface area contributed by atoms with Crippen molar-refractivity contribution in [2.45, 2.75) is 12.8 Å². The molecule has 9 nitrogen and oxygen atoms in total. The average molecular weight is 477 g/mol. The van der Waals surface area contributed by atoms with E-state index in [1.165, 1.54) is 4.80 Å². The second-order valence-electron chi connectivity index (χ2n) is 7.83. The molecule has 35 heavy (non-hydrogen) atoms. The first-order chi connectivity index (χ1) is 17.1. The van der Waals surface area contributed by atoms with Crippen molar-refractivity contribution in [3.8, 4) is 22.9 Å². The number of methoxy groups -OCH3 is 2. The molecule has 0 aliphatic rings. The maximum absolute atomic E-state index is 12.4. The topological polar surface area (TPSA) is 108 Å². The van der Waals surface area contributed by atoms with E-state index >= 15 is 0 Å². The summed E-state index contributed by atoms with van der Waals surface area (Å²) in [6, 6.07) is 18.7. The van der Waals surface area contributed by atoms with Gasteiger partial charge in [0.2, 0.25) is 0 Å². The molecule has 0 saturated carbocycles. The Morgan fingerprint density at radius 2 is 1.54 bits per heavy atom. The van der Waals surface area contributed by atoms with Gasteiger partial charge in [-0.3, -0.25) is 4.79 Å². The Kier molecular flexibility index (Phi) is 7.79. The van der Waals surface area contributed by atoms with Gasteiger partial charge in [-0.25, -0.2) is 0 Å². The number of rotatable bonds is 11. The van der Waals surface area contributed by atoms with Gasteiger partial charge < -0.3 is 24.6 Å². The molecule has 0 saturated heterocycles. The van der Waals surface area contributed by atoms with Crippen LogP contribution in [0.2, 0.25) is 0 Å². The Morgan fingerprint density at radius 1 is 0.886 bits per heavy atom. The first-order valence-electron chi connectivity index (χ1n) is 11.3. The number of nitrogens with one attached hydrogen (secondary N) is 1. The predicted molar refractivity (Wildman–Crippen MR) is 131 cm³/mol. The van der Waals surface area contributed by atoms with Gasteiger partial charge in [-0.2, -0.15) is 0 Å². The van der Waals surface area contributed by atoms with E-state index in [0.29, 0.717) is 42.3 Å². The van der Waals surface area contributed by atoms with Crippen LogP contribution in [0.4, 0.5) is 0 Å². The van der Waals surface area contributed by atoms with Crippen LogP contribution in [0.3, 0.4) is 0 Å². The van der Waals surface area contributed by atoms with E-state index in [9.17, 15) is 9.90 Å². The summed E-state index contributed by atoms with van der Waals surface area (Å²) in [6.07, 6.45) is 1.13.